The van der Waals surface area contributed by atoms with Crippen LogP contribution in [0.1, 0.15) is 73.3 Å². The second-order valence-electron chi connectivity index (χ2n) is 8.40. The molecule has 1 fully saturated rings. The van der Waals surface area contributed by atoms with Gasteiger partial charge in [-0.25, -0.2) is 0 Å². The van der Waals surface area contributed by atoms with Crippen LogP contribution in [0, 0.1) is 18.3 Å². The van der Waals surface area contributed by atoms with Crippen molar-refractivity contribution in [2.75, 3.05) is 0 Å². The van der Waals surface area contributed by atoms with E-state index in [0.717, 1.165) is 44.9 Å². The van der Waals surface area contributed by atoms with E-state index in [1.165, 1.54) is 27.8 Å². The molecule has 1 N–H and O–H groups in total. The van der Waals surface area contributed by atoms with E-state index in [-0.39, 0.29) is 17.4 Å². The smallest absolute Gasteiger partial charge is 0.133 e. The van der Waals surface area contributed by atoms with Crippen LogP contribution in [0.5, 0.6) is 0 Å². The number of carbonyl (C=O) groups excluding carboxylic acids is 1. The van der Waals surface area contributed by atoms with Crippen molar-refractivity contribution < 1.29 is 9.90 Å². The maximum atomic E-state index is 12.1. The number of Topliss-reactive ketones (excluding diaryl/α,β-unsaturated/α-hetero) is 1. The summed E-state index contributed by atoms with van der Waals surface area (Å²) in [4.78, 5) is 12.1. The minimum absolute atomic E-state index is 0.160. The molecular formula is C21H28O2. The van der Waals surface area contributed by atoms with Crippen molar-refractivity contribution in [1.29, 1.82) is 0 Å². The number of ketones is 1. The fourth-order valence-electron chi connectivity index (χ4n) is 5.97. The zero-order valence-corrected chi connectivity index (χ0v) is 14.6. The third-order valence-corrected chi connectivity index (χ3v) is 7.27. The van der Waals surface area contributed by atoms with Crippen LogP contribution in [0.2, 0.25) is 0 Å². The van der Waals surface area contributed by atoms with Gasteiger partial charge in [-0.2, -0.15) is 0 Å². The highest BCUT2D eigenvalue weighted by Crippen LogP contribution is 2.59. The molecule has 23 heavy (non-hydrogen) atoms. The van der Waals surface area contributed by atoms with Crippen LogP contribution in [-0.2, 0) is 24.1 Å². The predicted octanol–water partition coefficient (Wildman–Crippen LogP) is 3.88. The lowest BCUT2D eigenvalue weighted by molar-refractivity contribution is -0.124. The molecule has 0 heterocycles. The van der Waals surface area contributed by atoms with Crippen LogP contribution in [-0.4, -0.2) is 17.0 Å². The Kier molecular flexibility index (Phi) is 3.46. The molecule has 1 aromatic rings. The standard InChI is InChI=1S/C21H28O2/c1-12-16-8-9-21(3)19(13(2)22)6-7-20(21)18(16)10-14-4-5-15(23)11-17(12)14/h10,15,19-20,23H,4-9,11H2,1-3H3. The second-order valence-corrected chi connectivity index (χ2v) is 8.40. The van der Waals surface area contributed by atoms with Crippen molar-refractivity contribution in [1.82, 2.24) is 0 Å². The first-order chi connectivity index (χ1) is 10.9. The maximum Gasteiger partial charge on any atom is 0.133 e. The van der Waals surface area contributed by atoms with E-state index in [0.29, 0.717) is 11.7 Å². The zero-order chi connectivity index (χ0) is 16.4. The van der Waals surface area contributed by atoms with Crippen LogP contribution < -0.4 is 0 Å². The highest BCUT2D eigenvalue weighted by molar-refractivity contribution is 5.80. The van der Waals surface area contributed by atoms with Crippen LogP contribution in [0.15, 0.2) is 6.07 Å². The van der Waals surface area contributed by atoms with Crippen LogP contribution in [0.25, 0.3) is 0 Å². The van der Waals surface area contributed by atoms with E-state index in [4.69, 9.17) is 0 Å². The molecule has 0 aromatic heterocycles. The molecular weight excluding hydrogens is 284 g/mol. The van der Waals surface area contributed by atoms with Crippen molar-refractivity contribution in [3.05, 3.63) is 33.9 Å². The molecule has 0 amide bonds. The SMILES string of the molecule is CC(=O)C1CCC2c3cc4c(c(C)c3CCC12C)CC(O)CC4. The van der Waals surface area contributed by atoms with Crippen LogP contribution >= 0.6 is 0 Å². The van der Waals surface area contributed by atoms with Gasteiger partial charge in [0.1, 0.15) is 5.78 Å². The molecule has 4 atom stereocenters. The topological polar surface area (TPSA) is 37.3 Å². The Balaban J connectivity index is 1.81. The molecule has 2 heteroatoms. The molecule has 4 unspecified atom stereocenters. The first-order valence-electron chi connectivity index (χ1n) is 9.24. The monoisotopic (exact) mass is 312 g/mol. The molecule has 3 aliphatic carbocycles. The van der Waals surface area contributed by atoms with Crippen molar-refractivity contribution in [3.63, 3.8) is 0 Å². The zero-order valence-electron chi connectivity index (χ0n) is 14.6. The number of carbonyl (C=O) groups is 1. The Labute approximate surface area is 139 Å². The summed E-state index contributed by atoms with van der Waals surface area (Å²) in [5.41, 5.74) is 7.53. The third-order valence-electron chi connectivity index (χ3n) is 7.27. The van der Waals surface area contributed by atoms with E-state index in [1.807, 2.05) is 0 Å². The Morgan fingerprint density at radius 1 is 1.22 bits per heavy atom. The van der Waals surface area contributed by atoms with Gasteiger partial charge in [0.2, 0.25) is 0 Å². The summed E-state index contributed by atoms with van der Waals surface area (Å²) in [6, 6.07) is 2.45. The minimum Gasteiger partial charge on any atom is -0.393 e. The van der Waals surface area contributed by atoms with Crippen molar-refractivity contribution in [3.8, 4) is 0 Å². The van der Waals surface area contributed by atoms with E-state index in [1.54, 1.807) is 6.92 Å². The van der Waals surface area contributed by atoms with Gasteiger partial charge in [-0.05, 0) is 97.9 Å². The average Bonchev–Trinajstić information content (AvgIpc) is 2.86. The van der Waals surface area contributed by atoms with Gasteiger partial charge in [0.25, 0.3) is 0 Å². The summed E-state index contributed by atoms with van der Waals surface area (Å²) in [6.45, 7) is 6.40. The van der Waals surface area contributed by atoms with Gasteiger partial charge in [0.05, 0.1) is 6.10 Å². The molecule has 0 saturated heterocycles. The van der Waals surface area contributed by atoms with E-state index in [9.17, 15) is 9.90 Å². The van der Waals surface area contributed by atoms with Gasteiger partial charge in [-0.15, -0.1) is 0 Å². The lowest BCUT2D eigenvalue weighted by Crippen LogP contribution is -2.36. The lowest BCUT2D eigenvalue weighted by Gasteiger charge is -2.42. The van der Waals surface area contributed by atoms with Gasteiger partial charge >= 0.3 is 0 Å². The second kappa shape index (κ2) is 5.17. The Hall–Kier alpha value is -1.15. The summed E-state index contributed by atoms with van der Waals surface area (Å²) < 4.78 is 0. The van der Waals surface area contributed by atoms with E-state index in [2.05, 4.69) is 19.9 Å². The normalized spacial score (nSPS) is 35.4. The number of aliphatic hydroxyl groups excluding tert-OH is 1. The molecule has 0 bridgehead atoms. The number of benzene rings is 1. The number of rotatable bonds is 1. The molecule has 3 aliphatic rings. The number of aryl methyl sites for hydroxylation is 1. The molecule has 1 aromatic carbocycles. The van der Waals surface area contributed by atoms with Crippen LogP contribution in [0.3, 0.4) is 0 Å². The molecule has 124 valence electrons. The summed E-state index contributed by atoms with van der Waals surface area (Å²) in [5, 5.41) is 10.0. The van der Waals surface area contributed by atoms with Gasteiger partial charge in [0.15, 0.2) is 0 Å². The van der Waals surface area contributed by atoms with Crippen molar-refractivity contribution in [2.45, 2.75) is 77.7 Å². The fourth-order valence-corrected chi connectivity index (χ4v) is 5.97. The summed E-state index contributed by atoms with van der Waals surface area (Å²) in [5.74, 6) is 1.19. The van der Waals surface area contributed by atoms with Gasteiger partial charge < -0.3 is 5.11 Å². The summed E-state index contributed by atoms with van der Waals surface area (Å²) in [6.07, 6.45) is 7.01. The number of hydrogen-bond acceptors (Lipinski definition) is 2. The predicted molar refractivity (Wildman–Crippen MR) is 91.8 cm³/mol. The Bertz CT molecular complexity index is 675. The largest absolute Gasteiger partial charge is 0.393 e. The summed E-state index contributed by atoms with van der Waals surface area (Å²) >= 11 is 0. The van der Waals surface area contributed by atoms with Gasteiger partial charge in [-0.1, -0.05) is 13.0 Å². The molecule has 0 aliphatic heterocycles. The van der Waals surface area contributed by atoms with Crippen LogP contribution in [0.4, 0.5) is 0 Å². The van der Waals surface area contributed by atoms with Gasteiger partial charge in [-0.3, -0.25) is 4.79 Å². The quantitative estimate of drug-likeness (QED) is 0.854. The first kappa shape index (κ1) is 15.4. The minimum atomic E-state index is -0.165. The molecule has 0 radical (unpaired) electrons. The molecule has 2 nitrogen and oxygen atoms in total. The van der Waals surface area contributed by atoms with Gasteiger partial charge in [0, 0.05) is 5.92 Å². The molecule has 1 saturated carbocycles. The highest BCUT2D eigenvalue weighted by atomic mass is 16.3. The number of hydrogen-bond donors (Lipinski definition) is 1. The Morgan fingerprint density at radius 3 is 2.74 bits per heavy atom. The molecule has 0 spiro atoms. The number of aliphatic hydroxyl groups is 1. The van der Waals surface area contributed by atoms with E-state index >= 15 is 0 Å². The van der Waals surface area contributed by atoms with Crippen molar-refractivity contribution in [2.24, 2.45) is 11.3 Å². The van der Waals surface area contributed by atoms with Crippen molar-refractivity contribution >= 4 is 5.78 Å². The van der Waals surface area contributed by atoms with E-state index < -0.39 is 0 Å². The highest BCUT2D eigenvalue weighted by Gasteiger charge is 2.51. The first-order valence-corrected chi connectivity index (χ1v) is 9.24. The maximum absolute atomic E-state index is 12.1. The fraction of sp³-hybridized carbons (Fsp3) is 0.667. The average molecular weight is 312 g/mol. The Morgan fingerprint density at radius 2 is 2.00 bits per heavy atom. The lowest BCUT2D eigenvalue weighted by atomic mass is 9.61. The number of fused-ring (bicyclic) bond motifs is 4. The molecule has 4 rings (SSSR count). The third kappa shape index (κ3) is 2.14. The summed E-state index contributed by atoms with van der Waals surface area (Å²) in [7, 11) is 0.